The van der Waals surface area contributed by atoms with Crippen molar-refractivity contribution in [3.63, 3.8) is 0 Å². The topological polar surface area (TPSA) is 0 Å². The van der Waals surface area contributed by atoms with Gasteiger partial charge in [-0.15, -0.1) is 0 Å². The van der Waals surface area contributed by atoms with Crippen molar-refractivity contribution >= 4 is 0 Å². The molecule has 0 aliphatic carbocycles. The average molecular weight is 185 g/mol. The molecule has 0 atom stereocenters. The Morgan fingerprint density at radius 1 is 1.14 bits per heavy atom. The molecule has 0 saturated heterocycles. The fourth-order valence-corrected chi connectivity index (χ4v) is 1.38. The highest BCUT2D eigenvalue weighted by atomic mass is 14.2. The van der Waals surface area contributed by atoms with Gasteiger partial charge in [-0.1, -0.05) is 51.0 Å². The Morgan fingerprint density at radius 3 is 2.14 bits per heavy atom. The molecule has 0 saturated carbocycles. The van der Waals surface area contributed by atoms with Gasteiger partial charge in [0.25, 0.3) is 0 Å². The molecule has 0 nitrogen and oxygen atoms in total. The second-order valence-electron chi connectivity index (χ2n) is 4.62. The number of rotatable bonds is 2. The lowest BCUT2D eigenvalue weighted by Crippen LogP contribution is -2.10. The maximum atomic E-state index is 6.84. The summed E-state index contributed by atoms with van der Waals surface area (Å²) >= 11 is 0. The summed E-state index contributed by atoms with van der Waals surface area (Å²) in [6, 6.07) is 8.66. The molecule has 0 heterocycles. The van der Waals surface area contributed by atoms with E-state index in [2.05, 4.69) is 51.0 Å². The molecule has 0 heteroatoms. The second kappa shape index (κ2) is 4.33. The summed E-state index contributed by atoms with van der Waals surface area (Å²) in [6.45, 7) is 6.65. The second-order valence-corrected chi connectivity index (χ2v) is 4.62. The molecule has 1 aromatic carbocycles. The zero-order valence-electron chi connectivity index (χ0n) is 9.22. The van der Waals surface area contributed by atoms with Gasteiger partial charge in [0.2, 0.25) is 0 Å². The van der Waals surface area contributed by atoms with Crippen molar-refractivity contribution in [2.75, 3.05) is 0 Å². The first-order chi connectivity index (χ1) is 6.54. The van der Waals surface area contributed by atoms with Crippen molar-refractivity contribution in [3.05, 3.63) is 41.8 Å². The molecule has 0 aliphatic rings. The van der Waals surface area contributed by atoms with Crippen LogP contribution in [0.4, 0.5) is 0 Å². The molecule has 14 heavy (non-hydrogen) atoms. The SMILES string of the molecule is [C]#CCCc1ccc(C(C)(C)C)cc1. The predicted octanol–water partition coefficient (Wildman–Crippen LogP) is 3.51. The first-order valence-electron chi connectivity index (χ1n) is 5.03. The third-order valence-electron chi connectivity index (χ3n) is 2.36. The van der Waals surface area contributed by atoms with Crippen molar-refractivity contribution in [1.82, 2.24) is 0 Å². The van der Waals surface area contributed by atoms with Gasteiger partial charge in [0.05, 0.1) is 0 Å². The van der Waals surface area contributed by atoms with Crippen LogP contribution in [0, 0.1) is 12.3 Å². The van der Waals surface area contributed by atoms with Crippen LogP contribution in [-0.4, -0.2) is 0 Å². The lowest BCUT2D eigenvalue weighted by molar-refractivity contribution is 0.590. The standard InChI is InChI=1S/C14H17/c1-5-6-7-12-8-10-13(11-9-12)14(2,3)4/h8-11H,6-7H2,2-4H3. The fraction of sp³-hybridized carbons (Fsp3) is 0.429. The largest absolute Gasteiger partial charge is 0.0888 e. The Labute approximate surface area is 87.4 Å². The molecule has 0 N–H and O–H groups in total. The first-order valence-corrected chi connectivity index (χ1v) is 5.03. The molecule has 1 rings (SSSR count). The van der Waals surface area contributed by atoms with Crippen molar-refractivity contribution in [1.29, 1.82) is 0 Å². The maximum absolute atomic E-state index is 6.84. The van der Waals surface area contributed by atoms with E-state index in [4.69, 9.17) is 6.42 Å². The fourth-order valence-electron chi connectivity index (χ4n) is 1.38. The molecule has 0 aliphatic heterocycles. The first kappa shape index (κ1) is 10.9. The van der Waals surface area contributed by atoms with Crippen LogP contribution in [0.5, 0.6) is 0 Å². The van der Waals surface area contributed by atoms with Crippen LogP contribution in [-0.2, 0) is 11.8 Å². The quantitative estimate of drug-likeness (QED) is 0.618. The van der Waals surface area contributed by atoms with E-state index >= 15 is 0 Å². The number of hydrogen-bond donors (Lipinski definition) is 0. The molecule has 0 spiro atoms. The van der Waals surface area contributed by atoms with Crippen LogP contribution in [0.15, 0.2) is 24.3 Å². The molecule has 0 bridgehead atoms. The molecule has 0 aromatic heterocycles. The molecule has 0 fully saturated rings. The molecule has 0 amide bonds. The molecule has 1 radical (unpaired) electrons. The van der Waals surface area contributed by atoms with Gasteiger partial charge < -0.3 is 0 Å². The van der Waals surface area contributed by atoms with E-state index in [0.717, 1.165) is 12.8 Å². The Hall–Kier alpha value is -1.22. The minimum Gasteiger partial charge on any atom is -0.0888 e. The van der Waals surface area contributed by atoms with Crippen LogP contribution in [0.2, 0.25) is 0 Å². The predicted molar refractivity (Wildman–Crippen MR) is 60.6 cm³/mol. The van der Waals surface area contributed by atoms with Gasteiger partial charge in [0.1, 0.15) is 0 Å². The van der Waals surface area contributed by atoms with Gasteiger partial charge >= 0.3 is 0 Å². The summed E-state index contributed by atoms with van der Waals surface area (Å²) in [6.07, 6.45) is 8.49. The van der Waals surface area contributed by atoms with E-state index < -0.39 is 0 Å². The molecule has 0 unspecified atom stereocenters. The normalized spacial score (nSPS) is 11.0. The van der Waals surface area contributed by atoms with E-state index in [1.165, 1.54) is 11.1 Å². The van der Waals surface area contributed by atoms with E-state index in [-0.39, 0.29) is 5.41 Å². The highest BCUT2D eigenvalue weighted by molar-refractivity contribution is 5.27. The Kier molecular flexibility index (Phi) is 3.36. The lowest BCUT2D eigenvalue weighted by Gasteiger charge is -2.19. The third kappa shape index (κ3) is 2.92. The Bertz CT molecular complexity index is 317. The minimum absolute atomic E-state index is 0.228. The summed E-state index contributed by atoms with van der Waals surface area (Å²) in [5.74, 6) is 2.41. The van der Waals surface area contributed by atoms with E-state index in [1.54, 1.807) is 0 Å². The molecule has 73 valence electrons. The number of aryl methyl sites for hydroxylation is 1. The van der Waals surface area contributed by atoms with E-state index in [1.807, 2.05) is 0 Å². The van der Waals surface area contributed by atoms with Crippen LogP contribution in [0.25, 0.3) is 0 Å². The highest BCUT2D eigenvalue weighted by Gasteiger charge is 2.12. The van der Waals surface area contributed by atoms with Crippen molar-refractivity contribution in [3.8, 4) is 5.92 Å². The van der Waals surface area contributed by atoms with Gasteiger partial charge in [0, 0.05) is 6.42 Å². The highest BCUT2D eigenvalue weighted by Crippen LogP contribution is 2.22. The lowest BCUT2D eigenvalue weighted by atomic mass is 9.86. The van der Waals surface area contributed by atoms with Gasteiger partial charge in [-0.05, 0) is 29.4 Å². The monoisotopic (exact) mass is 185 g/mol. The van der Waals surface area contributed by atoms with E-state index in [9.17, 15) is 0 Å². The van der Waals surface area contributed by atoms with Gasteiger partial charge in [0.15, 0.2) is 0 Å². The summed E-state index contributed by atoms with van der Waals surface area (Å²) in [4.78, 5) is 0. The van der Waals surface area contributed by atoms with Crippen LogP contribution in [0.3, 0.4) is 0 Å². The van der Waals surface area contributed by atoms with Gasteiger partial charge in [-0.25, -0.2) is 0 Å². The number of hydrogen-bond acceptors (Lipinski definition) is 0. The zero-order chi connectivity index (χ0) is 10.6. The average Bonchev–Trinajstić information content (AvgIpc) is 2.14. The number of benzene rings is 1. The summed E-state index contributed by atoms with van der Waals surface area (Å²) in [7, 11) is 0. The van der Waals surface area contributed by atoms with Crippen molar-refractivity contribution in [2.45, 2.75) is 39.0 Å². The van der Waals surface area contributed by atoms with Gasteiger partial charge in [-0.2, -0.15) is 0 Å². The van der Waals surface area contributed by atoms with Crippen LogP contribution >= 0.6 is 0 Å². The van der Waals surface area contributed by atoms with Crippen LogP contribution < -0.4 is 0 Å². The summed E-state index contributed by atoms with van der Waals surface area (Å²) in [5, 5.41) is 0. The van der Waals surface area contributed by atoms with Gasteiger partial charge in [-0.3, -0.25) is 0 Å². The molecule has 1 aromatic rings. The van der Waals surface area contributed by atoms with E-state index in [0.29, 0.717) is 0 Å². The maximum Gasteiger partial charge on any atom is 0.0139 e. The minimum atomic E-state index is 0.228. The smallest absolute Gasteiger partial charge is 0.0139 e. The molecular weight excluding hydrogens is 168 g/mol. The van der Waals surface area contributed by atoms with Crippen molar-refractivity contribution < 1.29 is 0 Å². The van der Waals surface area contributed by atoms with Crippen molar-refractivity contribution in [2.24, 2.45) is 0 Å². The van der Waals surface area contributed by atoms with Crippen LogP contribution in [0.1, 0.15) is 38.3 Å². The molecular formula is C14H17. The summed E-state index contributed by atoms with van der Waals surface area (Å²) in [5.41, 5.74) is 2.88. The summed E-state index contributed by atoms with van der Waals surface area (Å²) < 4.78 is 0. The Balaban J connectivity index is 2.75. The Morgan fingerprint density at radius 2 is 1.71 bits per heavy atom. The zero-order valence-corrected chi connectivity index (χ0v) is 9.22. The third-order valence-corrected chi connectivity index (χ3v) is 2.36.